The van der Waals surface area contributed by atoms with E-state index in [0.29, 0.717) is 11.4 Å². The van der Waals surface area contributed by atoms with E-state index in [0.717, 1.165) is 30.0 Å². The normalized spacial score (nSPS) is 9.78. The molecule has 27 heavy (non-hydrogen) atoms. The summed E-state index contributed by atoms with van der Waals surface area (Å²) in [6.07, 6.45) is 0. The molecule has 0 aromatic heterocycles. The smallest absolute Gasteiger partial charge is 0.323 e. The quantitative estimate of drug-likeness (QED) is 0.700. The van der Waals surface area contributed by atoms with E-state index in [1.807, 2.05) is 19.1 Å². The Kier molecular flexibility index (Phi) is 8.62. The van der Waals surface area contributed by atoms with Gasteiger partial charge in [-0.1, -0.05) is 6.07 Å². The number of nitrogens with one attached hydrogen (secondary N) is 3. The second kappa shape index (κ2) is 10.4. The minimum absolute atomic E-state index is 0. The van der Waals surface area contributed by atoms with Crippen LogP contribution in [0.1, 0.15) is 26.3 Å². The third kappa shape index (κ3) is 6.49. The Bertz CT molecular complexity index is 791. The van der Waals surface area contributed by atoms with Crippen LogP contribution in [0.2, 0.25) is 0 Å². The minimum atomic E-state index is -0.330. The molecule has 0 atom stereocenters. The maximum Gasteiger partial charge on any atom is 0.323 e. The summed E-state index contributed by atoms with van der Waals surface area (Å²) in [5.74, 6) is -0.157. The summed E-state index contributed by atoms with van der Waals surface area (Å²) < 4.78 is 0. The second-order valence-electron chi connectivity index (χ2n) is 6.01. The molecule has 7 heteroatoms. The van der Waals surface area contributed by atoms with E-state index in [1.165, 1.54) is 6.92 Å². The fraction of sp³-hybridized carbons (Fsp3) is 0.300. The molecule has 6 nitrogen and oxygen atoms in total. The van der Waals surface area contributed by atoms with E-state index in [-0.39, 0.29) is 24.3 Å². The van der Waals surface area contributed by atoms with Gasteiger partial charge in [-0.2, -0.15) is 0 Å². The van der Waals surface area contributed by atoms with Gasteiger partial charge < -0.3 is 33.3 Å². The zero-order chi connectivity index (χ0) is 19.1. The highest BCUT2D eigenvalue weighted by Gasteiger charge is 2.08. The summed E-state index contributed by atoms with van der Waals surface area (Å²) in [6, 6.07) is 12.7. The standard InChI is InChI=1S/C20H26N4O2.ClH/c1-5-24(6-2)18-10-11-19(14(3)12-18)23-20(26)22-17-9-7-8-16(13-17)21-15(4)25;/h7-13H,5-6H2,1-4H3,(H,21,25)(H2,22,23,26);1H/p-1. The van der Waals surface area contributed by atoms with Crippen molar-refractivity contribution in [1.29, 1.82) is 0 Å². The number of hydrogen-bond acceptors (Lipinski definition) is 3. The monoisotopic (exact) mass is 389 g/mol. The fourth-order valence-electron chi connectivity index (χ4n) is 2.74. The van der Waals surface area contributed by atoms with Crippen LogP contribution in [-0.2, 0) is 4.79 Å². The largest absolute Gasteiger partial charge is 1.00 e. The van der Waals surface area contributed by atoms with Crippen molar-refractivity contribution in [2.75, 3.05) is 33.9 Å². The van der Waals surface area contributed by atoms with Gasteiger partial charge in [0.05, 0.1) is 0 Å². The van der Waals surface area contributed by atoms with Gasteiger partial charge in [0, 0.05) is 42.8 Å². The van der Waals surface area contributed by atoms with Gasteiger partial charge in [0.25, 0.3) is 0 Å². The van der Waals surface area contributed by atoms with E-state index in [2.05, 4.69) is 40.8 Å². The number of urea groups is 1. The third-order valence-corrected chi connectivity index (χ3v) is 4.03. The van der Waals surface area contributed by atoms with Gasteiger partial charge in [0.15, 0.2) is 0 Å². The molecule has 0 radical (unpaired) electrons. The Hall–Kier alpha value is -2.73. The van der Waals surface area contributed by atoms with Crippen LogP contribution < -0.4 is 33.3 Å². The number of carbonyl (C=O) groups is 2. The van der Waals surface area contributed by atoms with Crippen molar-refractivity contribution < 1.29 is 22.0 Å². The highest BCUT2D eigenvalue weighted by Crippen LogP contribution is 2.23. The summed E-state index contributed by atoms with van der Waals surface area (Å²) in [5, 5.41) is 8.33. The van der Waals surface area contributed by atoms with Crippen molar-refractivity contribution in [2.45, 2.75) is 27.7 Å². The van der Waals surface area contributed by atoms with Crippen LogP contribution in [0.5, 0.6) is 0 Å². The zero-order valence-corrected chi connectivity index (χ0v) is 16.9. The summed E-state index contributed by atoms with van der Waals surface area (Å²) >= 11 is 0. The number of amides is 3. The first-order valence-electron chi connectivity index (χ1n) is 8.74. The van der Waals surface area contributed by atoms with Crippen LogP contribution in [0.3, 0.4) is 0 Å². The molecule has 0 aliphatic heterocycles. The summed E-state index contributed by atoms with van der Waals surface area (Å²) in [5.41, 5.74) is 4.13. The summed E-state index contributed by atoms with van der Waals surface area (Å²) in [4.78, 5) is 25.7. The second-order valence-corrected chi connectivity index (χ2v) is 6.01. The maximum absolute atomic E-state index is 12.3. The predicted molar refractivity (Wildman–Crippen MR) is 108 cm³/mol. The highest BCUT2D eigenvalue weighted by atomic mass is 35.5. The molecule has 0 saturated heterocycles. The Morgan fingerprint density at radius 2 is 1.56 bits per heavy atom. The molecule has 2 aromatic rings. The van der Waals surface area contributed by atoms with Crippen LogP contribution >= 0.6 is 0 Å². The molecule has 3 N–H and O–H groups in total. The molecular weight excluding hydrogens is 364 g/mol. The topological polar surface area (TPSA) is 73.5 Å². The van der Waals surface area contributed by atoms with Crippen molar-refractivity contribution in [1.82, 2.24) is 0 Å². The first-order valence-corrected chi connectivity index (χ1v) is 8.74. The number of nitrogens with zero attached hydrogens (tertiary/aromatic N) is 1. The van der Waals surface area contributed by atoms with Crippen molar-refractivity contribution >= 4 is 34.7 Å². The first kappa shape index (κ1) is 22.3. The van der Waals surface area contributed by atoms with E-state index < -0.39 is 0 Å². The molecular formula is C20H26ClN4O2-. The number of rotatable bonds is 6. The number of carbonyl (C=O) groups excluding carboxylic acids is 2. The highest BCUT2D eigenvalue weighted by molar-refractivity contribution is 6.01. The van der Waals surface area contributed by atoms with Gasteiger partial charge in [0.1, 0.15) is 0 Å². The van der Waals surface area contributed by atoms with Gasteiger partial charge in [-0.25, -0.2) is 4.79 Å². The van der Waals surface area contributed by atoms with E-state index in [9.17, 15) is 9.59 Å². The Morgan fingerprint density at radius 3 is 2.11 bits per heavy atom. The Balaban J connectivity index is 0.00000364. The molecule has 2 rings (SSSR count). The molecule has 0 heterocycles. The van der Waals surface area contributed by atoms with Crippen LogP contribution in [0.4, 0.5) is 27.5 Å². The lowest BCUT2D eigenvalue weighted by Crippen LogP contribution is -3.00. The van der Waals surface area contributed by atoms with Crippen LogP contribution in [0.15, 0.2) is 42.5 Å². The number of halogens is 1. The van der Waals surface area contributed by atoms with Crippen molar-refractivity contribution in [2.24, 2.45) is 0 Å². The molecule has 0 bridgehead atoms. The molecule has 0 fully saturated rings. The molecule has 2 aromatic carbocycles. The molecule has 0 unspecified atom stereocenters. The van der Waals surface area contributed by atoms with E-state index in [4.69, 9.17) is 0 Å². The first-order chi connectivity index (χ1) is 12.4. The van der Waals surface area contributed by atoms with Crippen LogP contribution in [-0.4, -0.2) is 25.0 Å². The van der Waals surface area contributed by atoms with Gasteiger partial charge in [-0.3, -0.25) is 4.79 Å². The molecule has 0 aliphatic rings. The number of aryl methyl sites for hydroxylation is 1. The fourth-order valence-corrected chi connectivity index (χ4v) is 2.74. The average Bonchev–Trinajstić information content (AvgIpc) is 2.58. The molecule has 0 spiro atoms. The molecule has 3 amide bonds. The molecule has 0 saturated carbocycles. The molecule has 146 valence electrons. The number of hydrogen-bond donors (Lipinski definition) is 3. The lowest BCUT2D eigenvalue weighted by molar-refractivity contribution is -0.114. The average molecular weight is 390 g/mol. The molecule has 0 aliphatic carbocycles. The van der Waals surface area contributed by atoms with Crippen molar-refractivity contribution in [3.63, 3.8) is 0 Å². The van der Waals surface area contributed by atoms with Gasteiger partial charge in [-0.15, -0.1) is 0 Å². The van der Waals surface area contributed by atoms with Crippen molar-refractivity contribution in [3.05, 3.63) is 48.0 Å². The van der Waals surface area contributed by atoms with Gasteiger partial charge in [-0.05, 0) is 62.7 Å². The number of anilines is 4. The zero-order valence-electron chi connectivity index (χ0n) is 16.1. The summed E-state index contributed by atoms with van der Waals surface area (Å²) in [7, 11) is 0. The minimum Gasteiger partial charge on any atom is -1.00 e. The maximum atomic E-state index is 12.3. The summed E-state index contributed by atoms with van der Waals surface area (Å²) in [6.45, 7) is 9.53. The van der Waals surface area contributed by atoms with Crippen LogP contribution in [0.25, 0.3) is 0 Å². The SMILES string of the molecule is CCN(CC)c1ccc(NC(=O)Nc2cccc(NC(C)=O)c2)c(C)c1.[Cl-]. The number of benzene rings is 2. The lowest BCUT2D eigenvalue weighted by atomic mass is 10.1. The van der Waals surface area contributed by atoms with Crippen molar-refractivity contribution in [3.8, 4) is 0 Å². The third-order valence-electron chi connectivity index (χ3n) is 4.03. The Labute approximate surface area is 166 Å². The van der Waals surface area contributed by atoms with Crippen LogP contribution in [0, 0.1) is 6.92 Å². The Morgan fingerprint density at radius 1 is 0.926 bits per heavy atom. The van der Waals surface area contributed by atoms with E-state index in [1.54, 1.807) is 24.3 Å². The van der Waals surface area contributed by atoms with E-state index >= 15 is 0 Å². The predicted octanol–water partition coefficient (Wildman–Crippen LogP) is 1.45. The van der Waals surface area contributed by atoms with Gasteiger partial charge >= 0.3 is 6.03 Å². The lowest BCUT2D eigenvalue weighted by Gasteiger charge is -2.22. The van der Waals surface area contributed by atoms with Gasteiger partial charge in [0.2, 0.25) is 5.91 Å².